The lowest BCUT2D eigenvalue weighted by molar-refractivity contribution is -0.218. The molecule has 0 saturated carbocycles. The zero-order chi connectivity index (χ0) is 35.7. The maximum atomic E-state index is 13.4. The van der Waals surface area contributed by atoms with Crippen LogP contribution in [-0.2, 0) is 40.3 Å². The highest BCUT2D eigenvalue weighted by Crippen LogP contribution is 2.35. The van der Waals surface area contributed by atoms with Crippen LogP contribution in [0.25, 0.3) is 0 Å². The average Bonchev–Trinajstić information content (AvgIpc) is 3.45. The van der Waals surface area contributed by atoms with Gasteiger partial charge in [0.2, 0.25) is 0 Å². The van der Waals surface area contributed by atoms with E-state index in [-0.39, 0.29) is 23.1 Å². The van der Waals surface area contributed by atoms with Crippen molar-refractivity contribution < 1.29 is 46.3 Å². The second-order valence-electron chi connectivity index (χ2n) is 12.6. The van der Waals surface area contributed by atoms with Crippen LogP contribution in [0, 0.1) is 5.41 Å². The third kappa shape index (κ3) is 7.77. The average molecular weight is 723 g/mol. The van der Waals surface area contributed by atoms with Crippen LogP contribution in [0.1, 0.15) is 63.3 Å². The lowest BCUT2D eigenvalue weighted by atomic mass is 9.84. The summed E-state index contributed by atoms with van der Waals surface area (Å²) >= 11 is 0.966. The van der Waals surface area contributed by atoms with Crippen molar-refractivity contribution in [2.24, 2.45) is 5.16 Å². The number of thiazole rings is 1. The van der Waals surface area contributed by atoms with Gasteiger partial charge in [-0.15, -0.1) is 15.6 Å². The van der Waals surface area contributed by atoms with E-state index in [0.717, 1.165) is 36.3 Å². The van der Waals surface area contributed by atoms with Crippen molar-refractivity contribution in [3.63, 3.8) is 0 Å². The Morgan fingerprint density at radius 3 is 2.67 bits per heavy atom. The van der Waals surface area contributed by atoms with Gasteiger partial charge >= 0.3 is 16.4 Å². The number of nitrogens with one attached hydrogen (secondary N) is 4. The minimum atomic E-state index is -5.03. The highest BCUT2D eigenvalue weighted by atomic mass is 32.3. The number of anilines is 1. The van der Waals surface area contributed by atoms with Gasteiger partial charge in [-0.05, 0) is 83.2 Å². The number of hydroxylamine groups is 2. The fourth-order valence-electron chi connectivity index (χ4n) is 5.59. The molecule has 1 aromatic carbocycles. The molecule has 8 N–H and O–H groups in total. The number of nitrogens with zero attached hydrogens (tertiary/aromatic N) is 3. The van der Waals surface area contributed by atoms with E-state index in [9.17, 15) is 27.9 Å². The van der Waals surface area contributed by atoms with E-state index in [1.807, 2.05) is 6.07 Å². The minimum Gasteiger partial charge on any atom is -0.485 e. The first-order valence-electron chi connectivity index (χ1n) is 15.4. The molecule has 266 valence electrons. The highest BCUT2D eigenvalue weighted by molar-refractivity contribution is 7.80. The number of benzene rings is 1. The largest absolute Gasteiger partial charge is 0.485 e. The van der Waals surface area contributed by atoms with Crippen molar-refractivity contribution in [3.05, 3.63) is 40.4 Å². The Morgan fingerprint density at radius 2 is 2.08 bits per heavy atom. The van der Waals surface area contributed by atoms with Crippen LogP contribution >= 0.6 is 11.3 Å². The first-order valence-corrected chi connectivity index (χ1v) is 17.6. The number of aryl methyl sites for hydroxylation is 1. The lowest BCUT2D eigenvalue weighted by Crippen LogP contribution is -2.76. The Hall–Kier alpha value is -4.37. The zero-order valence-electron chi connectivity index (χ0n) is 26.9. The number of hydrogen-bond donors (Lipinski definition) is 7. The van der Waals surface area contributed by atoms with E-state index in [0.29, 0.717) is 35.4 Å². The molecule has 0 bridgehead atoms. The van der Waals surface area contributed by atoms with E-state index >= 15 is 0 Å². The maximum absolute atomic E-state index is 13.4. The summed E-state index contributed by atoms with van der Waals surface area (Å²) in [5, 5.41) is 33.3. The van der Waals surface area contributed by atoms with Gasteiger partial charge in [0.15, 0.2) is 16.9 Å². The number of fused-ring (bicyclic) bond motifs is 1. The quantitative estimate of drug-likeness (QED) is 0.0351. The van der Waals surface area contributed by atoms with Crippen molar-refractivity contribution >= 4 is 56.2 Å². The summed E-state index contributed by atoms with van der Waals surface area (Å²) in [6, 6.07) is 4.42. The molecule has 20 heteroatoms. The lowest BCUT2D eigenvalue weighted by Gasteiger charge is -2.50. The number of nitrogen functional groups attached to an aromatic ring is 1. The van der Waals surface area contributed by atoms with Crippen molar-refractivity contribution in [2.75, 3.05) is 18.8 Å². The van der Waals surface area contributed by atoms with E-state index in [1.54, 1.807) is 12.1 Å². The number of carbonyl (C=O) groups is 3. The topological polar surface area (TPSA) is 268 Å². The van der Waals surface area contributed by atoms with Gasteiger partial charge in [0.25, 0.3) is 17.4 Å². The van der Waals surface area contributed by atoms with Gasteiger partial charge in [0, 0.05) is 23.5 Å². The molecule has 4 heterocycles. The summed E-state index contributed by atoms with van der Waals surface area (Å²) in [5.41, 5.74) is 3.06. The highest BCUT2D eigenvalue weighted by Gasteiger charge is 2.58. The van der Waals surface area contributed by atoms with Crippen molar-refractivity contribution in [2.45, 2.75) is 82.2 Å². The summed E-state index contributed by atoms with van der Waals surface area (Å²) < 4.78 is 41.7. The van der Waals surface area contributed by atoms with Gasteiger partial charge in [-0.3, -0.25) is 19.6 Å². The predicted molar refractivity (Wildman–Crippen MR) is 175 cm³/mol. The van der Waals surface area contributed by atoms with Crippen LogP contribution in [0.4, 0.5) is 5.13 Å². The Balaban J connectivity index is 1.29. The third-order valence-electron chi connectivity index (χ3n) is 8.72. The standard InChI is InChI=1S/C29H38N8O10S2/c1-28(2)22(25(39)37(28)47-49(42,43)44)35-24(38)21(18-14-48-27(31)34-18)36-46-29(3,26(40)41)20-9-7-15-13-16(6-8-19(15)45-20)23(30)33-11-4-5-17-10-12-32-17/h6,8,13-14,17,20,22,32H,4-5,7,9-12H2,1-3H3,(H2,30,33)(H2,31,34)(H,35,38)(H,40,41)(H,42,43,44)/b36-21-/t17-,20+,22+,29-/m0/s1. The summed E-state index contributed by atoms with van der Waals surface area (Å²) in [6.45, 7) is 5.71. The van der Waals surface area contributed by atoms with Gasteiger partial charge in [-0.1, -0.05) is 5.16 Å². The molecule has 4 atom stereocenters. The van der Waals surface area contributed by atoms with Gasteiger partial charge in [0.05, 0.1) is 5.54 Å². The number of carboxylic acids is 1. The summed E-state index contributed by atoms with van der Waals surface area (Å²) in [4.78, 5) is 48.3. The van der Waals surface area contributed by atoms with E-state index < -0.39 is 57.2 Å². The fraction of sp³-hybridized carbons (Fsp3) is 0.517. The van der Waals surface area contributed by atoms with Gasteiger partial charge in [-0.25, -0.2) is 9.78 Å². The van der Waals surface area contributed by atoms with Crippen LogP contribution in [0.2, 0.25) is 0 Å². The number of rotatable bonds is 14. The molecule has 18 nitrogen and oxygen atoms in total. The van der Waals surface area contributed by atoms with Gasteiger partial charge < -0.3 is 36.4 Å². The number of oxime groups is 1. The van der Waals surface area contributed by atoms with Crippen LogP contribution in [0.3, 0.4) is 0 Å². The first kappa shape index (κ1) is 35.9. The smallest absolute Gasteiger partial charge is 0.418 e. The summed E-state index contributed by atoms with van der Waals surface area (Å²) in [7, 11) is -5.03. The molecule has 2 amide bonds. The Morgan fingerprint density at radius 1 is 1.35 bits per heavy atom. The molecule has 3 aliphatic heterocycles. The molecule has 3 aliphatic rings. The van der Waals surface area contributed by atoms with Crippen LogP contribution in [-0.4, -0.2) is 99.9 Å². The number of aliphatic carboxylic acids is 1. The zero-order valence-corrected chi connectivity index (χ0v) is 28.5. The van der Waals surface area contributed by atoms with E-state index in [1.165, 1.54) is 32.6 Å². The van der Waals surface area contributed by atoms with Crippen LogP contribution < -0.4 is 26.4 Å². The maximum Gasteiger partial charge on any atom is 0.418 e. The summed E-state index contributed by atoms with van der Waals surface area (Å²) in [5.74, 6) is -2.76. The molecule has 0 unspecified atom stereocenters. The van der Waals surface area contributed by atoms with Crippen molar-refractivity contribution in [3.8, 4) is 5.75 Å². The second kappa shape index (κ2) is 13.9. The van der Waals surface area contributed by atoms with Crippen LogP contribution in [0.5, 0.6) is 5.75 Å². The molecule has 2 fully saturated rings. The number of carboxylic acid groups (broad SMARTS) is 1. The number of hydrogen-bond acceptors (Lipinski definition) is 14. The van der Waals surface area contributed by atoms with E-state index in [2.05, 4.69) is 30.4 Å². The molecule has 0 radical (unpaired) electrons. The van der Waals surface area contributed by atoms with Gasteiger partial charge in [0.1, 0.15) is 23.3 Å². The molecular formula is C29H38N8O10S2. The molecule has 5 rings (SSSR count). The van der Waals surface area contributed by atoms with Gasteiger partial charge in [-0.2, -0.15) is 13.5 Å². The predicted octanol–water partition coefficient (Wildman–Crippen LogP) is 0.580. The molecule has 2 aromatic rings. The second-order valence-corrected chi connectivity index (χ2v) is 14.5. The Labute approximate surface area is 285 Å². The van der Waals surface area contributed by atoms with Crippen LogP contribution in [0.15, 0.2) is 28.7 Å². The molecule has 49 heavy (non-hydrogen) atoms. The number of carbonyl (C=O) groups excluding carboxylic acids is 2. The normalized spacial score (nSPS) is 22.8. The van der Waals surface area contributed by atoms with Crippen molar-refractivity contribution in [1.29, 1.82) is 5.41 Å². The Kier molecular flexibility index (Phi) is 10.2. The number of amides is 2. The number of aromatic nitrogens is 1. The monoisotopic (exact) mass is 722 g/mol. The molecule has 0 aliphatic carbocycles. The first-order chi connectivity index (χ1) is 23.0. The minimum absolute atomic E-state index is 0.0603. The SMILES string of the molecule is CC1(C)[C@H](NC(=O)/C(=N\O[C@](C)(C(=O)O)[C@H]2CCc3cc(C(=N)NCCC[C@H]4CCN4)ccc3O2)c2csc(N)n2)C(=O)N1OS(=O)(=O)O. The van der Waals surface area contributed by atoms with Crippen molar-refractivity contribution in [1.82, 2.24) is 26.0 Å². The number of β-lactam (4-membered cyclic amide) rings is 1. The Bertz CT molecular complexity index is 1780. The number of amidine groups is 1. The third-order valence-corrected chi connectivity index (χ3v) is 9.73. The summed E-state index contributed by atoms with van der Waals surface area (Å²) in [6.07, 6.45) is 2.70. The molecular weight excluding hydrogens is 684 g/mol. The molecule has 2 saturated heterocycles. The molecule has 0 spiro atoms. The number of ether oxygens (including phenoxy) is 1. The molecule has 1 aromatic heterocycles. The fourth-order valence-corrected chi connectivity index (χ4v) is 6.59. The van der Waals surface area contributed by atoms with E-state index in [4.69, 9.17) is 25.3 Å². The number of nitrogens with two attached hydrogens (primary N) is 1.